The molecule has 1 aromatic carbocycles. The third kappa shape index (κ3) is 6.21. The Bertz CT molecular complexity index is 589. The Balaban J connectivity index is 1.84. The first-order chi connectivity index (χ1) is 12.0. The minimum atomic E-state index is -0.0773. The summed E-state index contributed by atoms with van der Waals surface area (Å²) in [7, 11) is 3.48. The summed E-state index contributed by atoms with van der Waals surface area (Å²) < 4.78 is 5.38. The van der Waals surface area contributed by atoms with Crippen LogP contribution >= 0.6 is 11.6 Å². The average molecular weight is 368 g/mol. The van der Waals surface area contributed by atoms with Crippen LogP contribution in [0.4, 0.5) is 4.79 Å². The number of hydrogen-bond acceptors (Lipinski definition) is 3. The van der Waals surface area contributed by atoms with Crippen LogP contribution in [-0.2, 0) is 16.0 Å². The maximum absolute atomic E-state index is 12.4. The van der Waals surface area contributed by atoms with Crippen LogP contribution in [0.1, 0.15) is 18.4 Å². The summed E-state index contributed by atoms with van der Waals surface area (Å²) >= 11 is 5.93. The van der Waals surface area contributed by atoms with Crippen LogP contribution in [0.2, 0.25) is 5.02 Å². The molecule has 7 heteroatoms. The molecular formula is C18H26ClN3O3. The van der Waals surface area contributed by atoms with Gasteiger partial charge in [0.25, 0.3) is 0 Å². The van der Waals surface area contributed by atoms with E-state index in [0.717, 1.165) is 18.4 Å². The molecule has 0 aliphatic carbocycles. The molecule has 0 unspecified atom stereocenters. The first kappa shape index (κ1) is 19.5. The number of carbonyl (C=O) groups is 2. The Morgan fingerprint density at radius 2 is 2.00 bits per heavy atom. The summed E-state index contributed by atoms with van der Waals surface area (Å²) in [6.45, 7) is 2.26. The van der Waals surface area contributed by atoms with Crippen LogP contribution in [0, 0.1) is 0 Å². The van der Waals surface area contributed by atoms with Crippen LogP contribution in [0.3, 0.4) is 0 Å². The largest absolute Gasteiger partial charge is 0.381 e. The molecule has 1 fully saturated rings. The van der Waals surface area contributed by atoms with Gasteiger partial charge >= 0.3 is 6.03 Å². The average Bonchev–Trinajstić information content (AvgIpc) is 2.59. The lowest BCUT2D eigenvalue weighted by atomic mass is 10.1. The van der Waals surface area contributed by atoms with Gasteiger partial charge in [-0.15, -0.1) is 0 Å². The van der Waals surface area contributed by atoms with E-state index in [1.165, 1.54) is 0 Å². The quantitative estimate of drug-likeness (QED) is 0.838. The number of hydrogen-bond donors (Lipinski definition) is 1. The van der Waals surface area contributed by atoms with Crippen molar-refractivity contribution < 1.29 is 14.3 Å². The highest BCUT2D eigenvalue weighted by Crippen LogP contribution is 2.15. The number of halogens is 1. The molecule has 0 radical (unpaired) electrons. The van der Waals surface area contributed by atoms with E-state index < -0.39 is 0 Å². The maximum atomic E-state index is 12.4. The Morgan fingerprint density at radius 3 is 2.64 bits per heavy atom. The van der Waals surface area contributed by atoms with Gasteiger partial charge in [0.1, 0.15) is 0 Å². The van der Waals surface area contributed by atoms with E-state index in [4.69, 9.17) is 16.3 Å². The Morgan fingerprint density at radius 1 is 1.28 bits per heavy atom. The van der Waals surface area contributed by atoms with Crippen LogP contribution < -0.4 is 5.32 Å². The number of nitrogens with zero attached hydrogens (tertiary/aromatic N) is 2. The molecular weight excluding hydrogens is 342 g/mol. The first-order valence-corrected chi connectivity index (χ1v) is 8.92. The molecule has 1 aliphatic rings. The number of ether oxygens (including phenoxy) is 1. The standard InChI is InChI=1S/C18H26ClN3O3/c1-21(2)18(24)22(16-6-10-25-11-7-16)9-8-20-17(23)13-14-4-3-5-15(19)12-14/h3-5,12,16H,6-11,13H2,1-2H3,(H,20,23). The van der Waals surface area contributed by atoms with E-state index in [2.05, 4.69) is 5.32 Å². The van der Waals surface area contributed by atoms with E-state index in [1.807, 2.05) is 17.0 Å². The molecule has 0 spiro atoms. The SMILES string of the molecule is CN(C)C(=O)N(CCNC(=O)Cc1cccc(Cl)c1)C1CCOCC1. The normalized spacial score (nSPS) is 14.8. The number of amides is 3. The van der Waals surface area contributed by atoms with E-state index in [9.17, 15) is 9.59 Å². The number of nitrogens with one attached hydrogen (secondary N) is 1. The predicted molar refractivity (Wildman–Crippen MR) is 97.8 cm³/mol. The van der Waals surface area contributed by atoms with Crippen molar-refractivity contribution in [1.82, 2.24) is 15.1 Å². The fraction of sp³-hybridized carbons (Fsp3) is 0.556. The van der Waals surface area contributed by atoms with E-state index in [1.54, 1.807) is 31.1 Å². The van der Waals surface area contributed by atoms with Gasteiger partial charge in [0.15, 0.2) is 0 Å². The summed E-state index contributed by atoms with van der Waals surface area (Å²) in [5, 5.41) is 3.51. The minimum Gasteiger partial charge on any atom is -0.381 e. The first-order valence-electron chi connectivity index (χ1n) is 8.54. The van der Waals surface area contributed by atoms with E-state index >= 15 is 0 Å². The molecule has 1 saturated heterocycles. The second-order valence-electron chi connectivity index (χ2n) is 6.37. The molecule has 2 rings (SSSR count). The van der Waals surface area contributed by atoms with Crippen LogP contribution in [0.25, 0.3) is 0 Å². The fourth-order valence-electron chi connectivity index (χ4n) is 2.90. The Labute approximate surface area is 154 Å². The van der Waals surface area contributed by atoms with Gasteiger partial charge in [0, 0.05) is 51.5 Å². The molecule has 25 heavy (non-hydrogen) atoms. The molecule has 0 atom stereocenters. The zero-order chi connectivity index (χ0) is 18.2. The highest BCUT2D eigenvalue weighted by Gasteiger charge is 2.26. The highest BCUT2D eigenvalue weighted by molar-refractivity contribution is 6.30. The summed E-state index contributed by atoms with van der Waals surface area (Å²) in [4.78, 5) is 27.9. The number of benzene rings is 1. The number of rotatable bonds is 6. The van der Waals surface area contributed by atoms with Gasteiger partial charge in [-0.2, -0.15) is 0 Å². The van der Waals surface area contributed by atoms with Gasteiger partial charge < -0.3 is 19.9 Å². The molecule has 1 aromatic rings. The van der Waals surface area contributed by atoms with Crippen molar-refractivity contribution in [2.75, 3.05) is 40.4 Å². The molecule has 0 aromatic heterocycles. The lowest BCUT2D eigenvalue weighted by molar-refractivity contribution is -0.120. The van der Waals surface area contributed by atoms with Crippen LogP contribution in [-0.4, -0.2) is 68.2 Å². The molecule has 0 saturated carbocycles. The van der Waals surface area contributed by atoms with Crippen molar-refractivity contribution in [3.05, 3.63) is 34.9 Å². The van der Waals surface area contributed by atoms with Gasteiger partial charge in [-0.3, -0.25) is 4.79 Å². The topological polar surface area (TPSA) is 61.9 Å². The lowest BCUT2D eigenvalue weighted by Gasteiger charge is -2.36. The summed E-state index contributed by atoms with van der Waals surface area (Å²) in [6.07, 6.45) is 1.94. The number of carbonyl (C=O) groups excluding carboxylic acids is 2. The van der Waals surface area contributed by atoms with Crippen LogP contribution in [0.15, 0.2) is 24.3 Å². The second kappa shape index (κ2) is 9.63. The predicted octanol–water partition coefficient (Wildman–Crippen LogP) is 2.16. The van der Waals surface area contributed by atoms with Gasteiger partial charge in [-0.1, -0.05) is 23.7 Å². The zero-order valence-electron chi connectivity index (χ0n) is 14.8. The Hall–Kier alpha value is -1.79. The summed E-state index contributed by atoms with van der Waals surface area (Å²) in [5.74, 6) is -0.0773. The van der Waals surface area contributed by atoms with Gasteiger partial charge in [-0.25, -0.2) is 4.79 Å². The third-order valence-corrected chi connectivity index (χ3v) is 4.42. The van der Waals surface area contributed by atoms with E-state index in [0.29, 0.717) is 31.3 Å². The molecule has 138 valence electrons. The molecule has 1 N–H and O–H groups in total. The second-order valence-corrected chi connectivity index (χ2v) is 6.81. The van der Waals surface area contributed by atoms with Gasteiger partial charge in [-0.05, 0) is 30.5 Å². The summed E-state index contributed by atoms with van der Waals surface area (Å²) in [6, 6.07) is 7.39. The number of urea groups is 1. The van der Waals surface area contributed by atoms with Gasteiger partial charge in [0.05, 0.1) is 6.42 Å². The molecule has 1 heterocycles. The van der Waals surface area contributed by atoms with Crippen molar-refractivity contribution in [2.24, 2.45) is 0 Å². The van der Waals surface area contributed by atoms with Crippen molar-refractivity contribution in [1.29, 1.82) is 0 Å². The van der Waals surface area contributed by atoms with Crippen molar-refractivity contribution in [2.45, 2.75) is 25.3 Å². The van der Waals surface area contributed by atoms with E-state index in [-0.39, 0.29) is 24.4 Å². The monoisotopic (exact) mass is 367 g/mol. The third-order valence-electron chi connectivity index (χ3n) is 4.19. The van der Waals surface area contributed by atoms with Crippen molar-refractivity contribution in [3.8, 4) is 0 Å². The fourth-order valence-corrected chi connectivity index (χ4v) is 3.11. The maximum Gasteiger partial charge on any atom is 0.319 e. The van der Waals surface area contributed by atoms with Gasteiger partial charge in [0.2, 0.25) is 5.91 Å². The lowest BCUT2D eigenvalue weighted by Crippen LogP contribution is -2.50. The highest BCUT2D eigenvalue weighted by atomic mass is 35.5. The minimum absolute atomic E-state index is 0.0315. The summed E-state index contributed by atoms with van der Waals surface area (Å²) in [5.41, 5.74) is 0.871. The van der Waals surface area contributed by atoms with Crippen LogP contribution in [0.5, 0.6) is 0 Å². The molecule has 1 aliphatic heterocycles. The molecule has 3 amide bonds. The van der Waals surface area contributed by atoms with Crippen molar-refractivity contribution in [3.63, 3.8) is 0 Å². The smallest absolute Gasteiger partial charge is 0.319 e. The zero-order valence-corrected chi connectivity index (χ0v) is 15.6. The van der Waals surface area contributed by atoms with Crippen molar-refractivity contribution >= 4 is 23.5 Å². The Kier molecular flexibility index (Phi) is 7.52. The molecule has 0 bridgehead atoms. The molecule has 6 nitrogen and oxygen atoms in total.